The molecule has 46 heavy (non-hydrogen) atoms. The maximum absolute atomic E-state index is 16.9. The molecule has 0 unspecified atom stereocenters. The molecule has 242 valence electrons. The Kier molecular flexibility index (Phi) is 6.91. The standard InChI is InChI=1S/C33H32F5N5O3/c1-2-21-22-14-45-30-25-29(27(37)24(28(30)38)19-11-18(44)10-16-4-5-20(35)26(36)23(16)19)40-32(41-31(25)43(22)9-7-39-21)46-15-33-6-3-8-42(33)13-17(34)12-33/h4-5,10-11,17,21-22,39,44H,2-3,6-9,12-15H2,1H3/t17-,21+,22-,33+/m1/s1. The Hall–Kier alpha value is -3.97. The minimum absolute atomic E-state index is 0.00758. The minimum Gasteiger partial charge on any atom is -0.508 e. The number of halogens is 5. The second-order valence-corrected chi connectivity index (χ2v) is 12.7. The molecule has 0 spiro atoms. The minimum atomic E-state index is -1.32. The Morgan fingerprint density at radius 2 is 1.93 bits per heavy atom. The molecule has 8 nitrogen and oxygen atoms in total. The second-order valence-electron chi connectivity index (χ2n) is 12.7. The number of aromatic nitrogens is 2. The first-order valence-corrected chi connectivity index (χ1v) is 15.7. The van der Waals surface area contributed by atoms with Crippen LogP contribution in [0.15, 0.2) is 24.3 Å². The van der Waals surface area contributed by atoms with E-state index in [9.17, 15) is 13.9 Å². The lowest BCUT2D eigenvalue weighted by Crippen LogP contribution is -2.60. The van der Waals surface area contributed by atoms with E-state index in [-0.39, 0.29) is 59.2 Å². The van der Waals surface area contributed by atoms with Crippen LogP contribution in [0.5, 0.6) is 17.5 Å². The molecule has 2 N–H and O–H groups in total. The number of aromatic hydroxyl groups is 1. The number of piperazine rings is 1. The number of hydrogen-bond donors (Lipinski definition) is 2. The molecule has 4 aliphatic heterocycles. The van der Waals surface area contributed by atoms with Gasteiger partial charge in [0.1, 0.15) is 36.5 Å². The summed E-state index contributed by atoms with van der Waals surface area (Å²) in [6.45, 7) is 4.24. The number of rotatable bonds is 5. The second kappa shape index (κ2) is 10.8. The van der Waals surface area contributed by atoms with E-state index in [0.717, 1.165) is 37.9 Å². The van der Waals surface area contributed by atoms with Crippen LogP contribution in [0.25, 0.3) is 32.8 Å². The molecule has 4 atom stereocenters. The van der Waals surface area contributed by atoms with E-state index in [1.165, 1.54) is 12.1 Å². The summed E-state index contributed by atoms with van der Waals surface area (Å²) >= 11 is 0. The Morgan fingerprint density at radius 3 is 2.76 bits per heavy atom. The van der Waals surface area contributed by atoms with Gasteiger partial charge in [-0.15, -0.1) is 0 Å². The van der Waals surface area contributed by atoms with Crippen LogP contribution in [0.1, 0.15) is 32.6 Å². The average molecular weight is 642 g/mol. The number of hydrogen-bond acceptors (Lipinski definition) is 8. The SMILES string of the molecule is CC[C@@H]1NCCN2c3nc(OC[C@@]45CCCN4C[C@H](F)C5)nc4c(F)c(-c5cc(O)cc6ccc(F)c(F)c56)c(F)c(c34)OC[C@H]12. The molecule has 3 saturated heterocycles. The third-order valence-electron chi connectivity index (χ3n) is 10.2. The van der Waals surface area contributed by atoms with Gasteiger partial charge < -0.3 is 24.8 Å². The zero-order valence-corrected chi connectivity index (χ0v) is 25.1. The molecule has 13 heteroatoms. The van der Waals surface area contributed by atoms with Gasteiger partial charge in [0.2, 0.25) is 0 Å². The van der Waals surface area contributed by atoms with Crippen molar-refractivity contribution >= 4 is 27.5 Å². The topological polar surface area (TPSA) is 83.0 Å². The molecular weight excluding hydrogens is 609 g/mol. The van der Waals surface area contributed by atoms with Gasteiger partial charge in [0.25, 0.3) is 0 Å². The number of alkyl halides is 1. The van der Waals surface area contributed by atoms with Crippen molar-refractivity contribution in [1.82, 2.24) is 20.2 Å². The smallest absolute Gasteiger partial charge is 0.319 e. The quantitative estimate of drug-likeness (QED) is 0.272. The Bertz CT molecular complexity index is 1900. The van der Waals surface area contributed by atoms with Crippen LogP contribution in [-0.2, 0) is 0 Å². The normalized spacial score (nSPS) is 25.9. The van der Waals surface area contributed by atoms with Gasteiger partial charge in [-0.2, -0.15) is 9.97 Å². The lowest BCUT2D eigenvalue weighted by atomic mass is 9.94. The van der Waals surface area contributed by atoms with Gasteiger partial charge in [0.05, 0.1) is 22.5 Å². The zero-order chi connectivity index (χ0) is 31.9. The first-order valence-electron chi connectivity index (χ1n) is 15.7. The number of nitrogens with one attached hydrogen (secondary N) is 1. The fourth-order valence-corrected chi connectivity index (χ4v) is 8.05. The predicted octanol–water partition coefficient (Wildman–Crippen LogP) is 5.62. The fraction of sp³-hybridized carbons (Fsp3) is 0.455. The molecular formula is C33H32F5N5O3. The summed E-state index contributed by atoms with van der Waals surface area (Å²) in [5.41, 5.74) is -1.99. The highest BCUT2D eigenvalue weighted by Gasteiger charge is 2.49. The van der Waals surface area contributed by atoms with Gasteiger partial charge in [-0.1, -0.05) is 13.0 Å². The van der Waals surface area contributed by atoms with Crippen molar-refractivity contribution in [2.45, 2.75) is 56.4 Å². The van der Waals surface area contributed by atoms with E-state index < -0.39 is 57.2 Å². The predicted molar refractivity (Wildman–Crippen MR) is 161 cm³/mol. The molecule has 1 aromatic heterocycles. The van der Waals surface area contributed by atoms with Crippen molar-refractivity contribution in [2.24, 2.45) is 0 Å². The molecule has 0 saturated carbocycles. The summed E-state index contributed by atoms with van der Waals surface area (Å²) in [5, 5.41) is 13.6. The van der Waals surface area contributed by atoms with Crippen LogP contribution in [0, 0.1) is 23.3 Å². The average Bonchev–Trinajstić information content (AvgIpc) is 3.50. The van der Waals surface area contributed by atoms with E-state index in [1.807, 2.05) is 11.8 Å². The third-order valence-corrected chi connectivity index (χ3v) is 10.2. The van der Waals surface area contributed by atoms with Crippen molar-refractivity contribution in [3.05, 3.63) is 47.5 Å². The highest BCUT2D eigenvalue weighted by molar-refractivity contribution is 6.04. The molecule has 5 heterocycles. The van der Waals surface area contributed by atoms with E-state index in [1.54, 1.807) is 0 Å². The van der Waals surface area contributed by atoms with Gasteiger partial charge in [0, 0.05) is 43.0 Å². The summed E-state index contributed by atoms with van der Waals surface area (Å²) in [4.78, 5) is 13.1. The van der Waals surface area contributed by atoms with E-state index in [2.05, 4.69) is 15.2 Å². The number of anilines is 1. The van der Waals surface area contributed by atoms with Gasteiger partial charge in [-0.25, -0.2) is 22.0 Å². The zero-order valence-electron chi connectivity index (χ0n) is 25.1. The maximum atomic E-state index is 16.9. The van der Waals surface area contributed by atoms with Crippen LogP contribution in [0.3, 0.4) is 0 Å². The molecule has 4 aromatic rings. The first-order chi connectivity index (χ1) is 22.2. The van der Waals surface area contributed by atoms with E-state index in [4.69, 9.17) is 14.5 Å². The van der Waals surface area contributed by atoms with E-state index >= 15 is 13.2 Å². The number of nitrogens with zero attached hydrogens (tertiary/aromatic N) is 4. The lowest BCUT2D eigenvalue weighted by molar-refractivity contribution is 0.107. The summed E-state index contributed by atoms with van der Waals surface area (Å²) in [6, 6.07) is 3.75. The first kappa shape index (κ1) is 29.4. The van der Waals surface area contributed by atoms with Crippen LogP contribution < -0.4 is 19.7 Å². The molecule has 0 bridgehead atoms. The highest BCUT2D eigenvalue weighted by Crippen LogP contribution is 2.48. The number of fused-ring (bicyclic) bond motifs is 4. The van der Waals surface area contributed by atoms with Crippen molar-refractivity contribution in [3.63, 3.8) is 0 Å². The summed E-state index contributed by atoms with van der Waals surface area (Å²) in [6.07, 6.45) is 1.68. The number of phenolic OH excluding ortho intramolecular Hbond substituents is 1. The molecule has 8 rings (SSSR count). The maximum Gasteiger partial charge on any atom is 0.319 e. The Morgan fingerprint density at radius 1 is 1.09 bits per heavy atom. The summed E-state index contributed by atoms with van der Waals surface area (Å²) in [5.74, 6) is -5.35. The number of ether oxygens (including phenoxy) is 2. The van der Waals surface area contributed by atoms with Gasteiger partial charge in [-0.3, -0.25) is 4.90 Å². The van der Waals surface area contributed by atoms with Crippen LogP contribution in [-0.4, -0.2) is 83.2 Å². The van der Waals surface area contributed by atoms with E-state index in [0.29, 0.717) is 26.1 Å². The van der Waals surface area contributed by atoms with Crippen molar-refractivity contribution in [1.29, 1.82) is 0 Å². The summed E-state index contributed by atoms with van der Waals surface area (Å²) < 4.78 is 90.1. The number of benzene rings is 3. The summed E-state index contributed by atoms with van der Waals surface area (Å²) in [7, 11) is 0. The molecule has 4 aliphatic rings. The number of phenols is 1. The van der Waals surface area contributed by atoms with Crippen molar-refractivity contribution in [3.8, 4) is 28.6 Å². The van der Waals surface area contributed by atoms with Gasteiger partial charge in [0.15, 0.2) is 29.0 Å². The molecule has 0 aliphatic carbocycles. The van der Waals surface area contributed by atoms with Gasteiger partial charge >= 0.3 is 6.01 Å². The monoisotopic (exact) mass is 641 g/mol. The Balaban J connectivity index is 1.35. The molecule has 3 aromatic carbocycles. The highest BCUT2D eigenvalue weighted by atomic mass is 19.2. The van der Waals surface area contributed by atoms with Crippen LogP contribution >= 0.6 is 0 Å². The molecule has 0 radical (unpaired) electrons. The Labute approximate surface area is 261 Å². The molecule has 0 amide bonds. The van der Waals surface area contributed by atoms with Crippen molar-refractivity contribution < 1.29 is 36.5 Å². The third kappa shape index (κ3) is 4.38. The molecule has 3 fully saturated rings. The fourth-order valence-electron chi connectivity index (χ4n) is 8.05. The van der Waals surface area contributed by atoms with Gasteiger partial charge in [-0.05, 0) is 49.4 Å². The van der Waals surface area contributed by atoms with Crippen molar-refractivity contribution in [2.75, 3.05) is 44.3 Å². The largest absolute Gasteiger partial charge is 0.508 e. The van der Waals surface area contributed by atoms with Crippen LogP contribution in [0.4, 0.5) is 27.8 Å². The lowest BCUT2D eigenvalue weighted by Gasteiger charge is -2.41. The van der Waals surface area contributed by atoms with Crippen LogP contribution in [0.2, 0.25) is 0 Å².